The highest BCUT2D eigenvalue weighted by atomic mass is 32.2. The predicted molar refractivity (Wildman–Crippen MR) is 79.2 cm³/mol. The Kier molecular flexibility index (Phi) is 8.98. The zero-order valence-electron chi connectivity index (χ0n) is 12.4. The van der Waals surface area contributed by atoms with Gasteiger partial charge in [-0.25, -0.2) is 0 Å². The molecule has 110 valence electrons. The van der Waals surface area contributed by atoms with Gasteiger partial charge in [0.2, 0.25) is 0 Å². The van der Waals surface area contributed by atoms with Crippen molar-refractivity contribution in [2.45, 2.75) is 18.1 Å². The lowest BCUT2D eigenvalue weighted by atomic mass is 10.9. The molecule has 0 aromatic rings. The van der Waals surface area contributed by atoms with Gasteiger partial charge >= 0.3 is 17.4 Å². The molecule has 0 fully saturated rings. The molecular weight excluding hydrogens is 288 g/mol. The van der Waals surface area contributed by atoms with Crippen LogP contribution in [0.2, 0.25) is 11.2 Å². The van der Waals surface area contributed by atoms with Crippen molar-refractivity contribution >= 4 is 29.1 Å². The summed E-state index contributed by atoms with van der Waals surface area (Å²) in [5.41, 5.74) is 0. The van der Waals surface area contributed by atoms with Crippen LogP contribution in [0, 0.1) is 0 Å². The SMILES string of the molecule is CO[Si](CCSC)(OC)C(C)[Si](OC)(OC)OC. The van der Waals surface area contributed by atoms with Crippen LogP contribution in [0.1, 0.15) is 6.92 Å². The van der Waals surface area contributed by atoms with Crippen LogP contribution in [0.4, 0.5) is 0 Å². The molecule has 0 aliphatic carbocycles. The molecule has 0 spiro atoms. The number of thioether (sulfide) groups is 1. The first-order valence-electron chi connectivity index (χ1n) is 5.77. The lowest BCUT2D eigenvalue weighted by molar-refractivity contribution is 0.111. The minimum atomic E-state index is -2.75. The maximum absolute atomic E-state index is 5.76. The standard InChI is InChI=1S/C10H26O5SSi2/c1-10(18(13-4,14-5)15-6)17(11-2,12-3)9-8-16-7/h10H,8-9H2,1-7H3. The lowest BCUT2D eigenvalue weighted by Gasteiger charge is -2.39. The molecule has 1 atom stereocenters. The number of hydrogen-bond donors (Lipinski definition) is 0. The minimum Gasteiger partial charge on any atom is -0.397 e. The van der Waals surface area contributed by atoms with Gasteiger partial charge in [0.15, 0.2) is 0 Å². The maximum atomic E-state index is 5.76. The van der Waals surface area contributed by atoms with E-state index in [0.29, 0.717) is 0 Å². The summed E-state index contributed by atoms with van der Waals surface area (Å²) in [4.78, 5) is 0. The minimum absolute atomic E-state index is 0.00662. The van der Waals surface area contributed by atoms with Crippen LogP contribution in [0.25, 0.3) is 0 Å². The molecule has 0 saturated heterocycles. The third-order valence-electron chi connectivity index (χ3n) is 3.39. The Labute approximate surface area is 117 Å². The summed E-state index contributed by atoms with van der Waals surface area (Å²) >= 11 is 1.78. The summed E-state index contributed by atoms with van der Waals surface area (Å²) in [5, 5.41) is 0.00662. The van der Waals surface area contributed by atoms with Crippen LogP contribution in [-0.4, -0.2) is 64.9 Å². The van der Waals surface area contributed by atoms with Crippen molar-refractivity contribution in [3.8, 4) is 0 Å². The Hall–Kier alpha value is 0.584. The van der Waals surface area contributed by atoms with Gasteiger partial charge in [-0.2, -0.15) is 11.8 Å². The first-order chi connectivity index (χ1) is 8.52. The van der Waals surface area contributed by atoms with Gasteiger partial charge < -0.3 is 22.1 Å². The van der Waals surface area contributed by atoms with Gasteiger partial charge in [0, 0.05) is 41.6 Å². The van der Waals surface area contributed by atoms with Crippen molar-refractivity contribution in [2.24, 2.45) is 0 Å². The Morgan fingerprint density at radius 3 is 1.61 bits per heavy atom. The first kappa shape index (κ1) is 18.6. The average molecular weight is 315 g/mol. The van der Waals surface area contributed by atoms with E-state index in [4.69, 9.17) is 22.1 Å². The second-order valence-corrected chi connectivity index (χ2v) is 12.6. The van der Waals surface area contributed by atoms with Crippen molar-refractivity contribution in [1.82, 2.24) is 0 Å². The number of rotatable bonds is 10. The highest BCUT2D eigenvalue weighted by Crippen LogP contribution is 2.36. The van der Waals surface area contributed by atoms with E-state index in [9.17, 15) is 0 Å². The molecule has 0 aromatic heterocycles. The molecule has 0 radical (unpaired) electrons. The Morgan fingerprint density at radius 2 is 1.33 bits per heavy atom. The average Bonchev–Trinajstić information content (AvgIpc) is 2.43. The zero-order chi connectivity index (χ0) is 14.2. The molecule has 5 nitrogen and oxygen atoms in total. The van der Waals surface area contributed by atoms with E-state index < -0.39 is 17.4 Å². The Morgan fingerprint density at radius 1 is 0.889 bits per heavy atom. The predicted octanol–water partition coefficient (Wildman–Crippen LogP) is 1.89. The molecule has 0 bridgehead atoms. The fraction of sp³-hybridized carbons (Fsp3) is 1.00. The molecular formula is C10H26O5SSi2. The van der Waals surface area contributed by atoms with Gasteiger partial charge in [0.25, 0.3) is 0 Å². The maximum Gasteiger partial charge on any atom is 0.505 e. The second-order valence-electron chi connectivity index (χ2n) is 3.90. The van der Waals surface area contributed by atoms with Crippen LogP contribution in [0.3, 0.4) is 0 Å². The van der Waals surface area contributed by atoms with Crippen LogP contribution < -0.4 is 0 Å². The summed E-state index contributed by atoms with van der Waals surface area (Å²) in [5.74, 6) is 0.986. The number of hydrogen-bond acceptors (Lipinski definition) is 6. The van der Waals surface area contributed by atoms with Gasteiger partial charge in [0.05, 0.1) is 5.16 Å². The summed E-state index contributed by atoms with van der Waals surface area (Å²) in [6, 6.07) is 0.882. The van der Waals surface area contributed by atoms with E-state index in [-0.39, 0.29) is 5.16 Å². The quantitative estimate of drug-likeness (QED) is 0.574. The van der Waals surface area contributed by atoms with E-state index in [1.165, 1.54) is 0 Å². The monoisotopic (exact) mass is 314 g/mol. The molecule has 0 rings (SSSR count). The molecule has 0 N–H and O–H groups in total. The molecule has 0 saturated carbocycles. The first-order valence-corrected chi connectivity index (χ1v) is 11.1. The van der Waals surface area contributed by atoms with Crippen LogP contribution in [0.15, 0.2) is 0 Å². The molecule has 8 heteroatoms. The highest BCUT2D eigenvalue weighted by Gasteiger charge is 2.58. The van der Waals surface area contributed by atoms with Crippen molar-refractivity contribution in [2.75, 3.05) is 47.6 Å². The topological polar surface area (TPSA) is 46.2 Å². The Bertz CT molecular complexity index is 216. The van der Waals surface area contributed by atoms with Gasteiger partial charge in [-0.05, 0) is 12.0 Å². The van der Waals surface area contributed by atoms with Crippen molar-refractivity contribution in [3.05, 3.63) is 0 Å². The molecule has 1 unspecified atom stereocenters. The largest absolute Gasteiger partial charge is 0.505 e. The van der Waals surface area contributed by atoms with Crippen LogP contribution in [0.5, 0.6) is 0 Å². The van der Waals surface area contributed by atoms with Gasteiger partial charge in [-0.15, -0.1) is 0 Å². The van der Waals surface area contributed by atoms with E-state index in [0.717, 1.165) is 11.8 Å². The molecule has 0 aromatic carbocycles. The van der Waals surface area contributed by atoms with Crippen LogP contribution >= 0.6 is 11.8 Å². The lowest BCUT2D eigenvalue weighted by Crippen LogP contribution is -2.60. The summed E-state index contributed by atoms with van der Waals surface area (Å²) in [6.07, 6.45) is 2.07. The van der Waals surface area contributed by atoms with Crippen molar-refractivity contribution in [1.29, 1.82) is 0 Å². The van der Waals surface area contributed by atoms with Gasteiger partial charge in [-0.1, -0.05) is 6.92 Å². The van der Waals surface area contributed by atoms with Crippen molar-refractivity contribution in [3.63, 3.8) is 0 Å². The van der Waals surface area contributed by atoms with Gasteiger partial charge in [0.1, 0.15) is 0 Å². The molecule has 0 amide bonds. The summed E-state index contributed by atoms with van der Waals surface area (Å²) < 4.78 is 28.2. The van der Waals surface area contributed by atoms with E-state index in [1.54, 1.807) is 47.3 Å². The van der Waals surface area contributed by atoms with E-state index >= 15 is 0 Å². The fourth-order valence-corrected chi connectivity index (χ4v) is 11.7. The van der Waals surface area contributed by atoms with E-state index in [1.807, 2.05) is 6.92 Å². The molecule has 0 aliphatic rings. The third-order valence-corrected chi connectivity index (χ3v) is 13.2. The van der Waals surface area contributed by atoms with E-state index in [2.05, 4.69) is 6.26 Å². The fourth-order valence-electron chi connectivity index (χ4n) is 2.15. The smallest absolute Gasteiger partial charge is 0.397 e. The normalized spacial score (nSPS) is 14.8. The molecule has 18 heavy (non-hydrogen) atoms. The zero-order valence-corrected chi connectivity index (χ0v) is 15.3. The summed E-state index contributed by atoms with van der Waals surface area (Å²) in [7, 11) is 3.12. The van der Waals surface area contributed by atoms with Crippen molar-refractivity contribution < 1.29 is 22.1 Å². The molecule has 0 heterocycles. The Balaban J connectivity index is 5.20. The molecule has 0 aliphatic heterocycles. The second kappa shape index (κ2) is 8.69. The summed E-state index contributed by atoms with van der Waals surface area (Å²) in [6.45, 7) is 2.04. The highest BCUT2D eigenvalue weighted by molar-refractivity contribution is 7.98. The van der Waals surface area contributed by atoms with Gasteiger partial charge in [-0.3, -0.25) is 0 Å². The third kappa shape index (κ3) is 3.79. The van der Waals surface area contributed by atoms with Crippen LogP contribution in [-0.2, 0) is 22.1 Å².